The van der Waals surface area contributed by atoms with Crippen molar-refractivity contribution in [3.8, 4) is 11.3 Å². The largest absolute Gasteiger partial charge is 0.256 e. The highest BCUT2D eigenvalue weighted by molar-refractivity contribution is 5.59. The van der Waals surface area contributed by atoms with Crippen LogP contribution >= 0.6 is 0 Å². The maximum absolute atomic E-state index is 8.41. The van der Waals surface area contributed by atoms with E-state index in [2.05, 4.69) is 4.98 Å². The zero-order valence-electron chi connectivity index (χ0n) is 12.5. The second-order valence-corrected chi connectivity index (χ2v) is 4.29. The van der Waals surface area contributed by atoms with Gasteiger partial charge in [0.15, 0.2) is 0 Å². The molecule has 0 unspecified atom stereocenters. The van der Waals surface area contributed by atoms with E-state index in [9.17, 15) is 0 Å². The van der Waals surface area contributed by atoms with Crippen LogP contribution in [0.2, 0.25) is 0 Å². The van der Waals surface area contributed by atoms with Gasteiger partial charge in [0.25, 0.3) is 0 Å². The maximum Gasteiger partial charge on any atom is 0.0704 e. The number of aromatic nitrogens is 1. The molecule has 0 bridgehead atoms. The molecule has 1 heterocycles. The summed E-state index contributed by atoms with van der Waals surface area (Å²) in [6.45, 7) is 0. The summed E-state index contributed by atoms with van der Waals surface area (Å²) in [5.41, 5.74) is 3.04. The Morgan fingerprint density at radius 2 is 1.47 bits per heavy atom. The molecule has 0 N–H and O–H groups in total. The molecule has 1 aromatic heterocycles. The summed E-state index contributed by atoms with van der Waals surface area (Å²) in [4.78, 5) is 4.35. The van der Waals surface area contributed by atoms with Crippen LogP contribution in [0.15, 0.2) is 79.0 Å². The summed E-state index contributed by atoms with van der Waals surface area (Å²) in [7, 11) is 0. The average Bonchev–Trinajstić information content (AvgIpc) is 2.57. The summed E-state index contributed by atoms with van der Waals surface area (Å²) in [5, 5.41) is 0. The van der Waals surface area contributed by atoms with Crippen LogP contribution in [0.1, 0.15) is 13.9 Å². The van der Waals surface area contributed by atoms with E-state index in [1.807, 2.05) is 66.7 Å². The van der Waals surface area contributed by atoms with Crippen LogP contribution in [0.4, 0.5) is 0 Å². The quantitative estimate of drug-likeness (QED) is 0.671. The molecule has 1 heteroatoms. The zero-order valence-corrected chi connectivity index (χ0v) is 10.5. The van der Waals surface area contributed by atoms with Gasteiger partial charge >= 0.3 is 0 Å². The van der Waals surface area contributed by atoms with Crippen molar-refractivity contribution in [1.29, 1.82) is 0 Å². The van der Waals surface area contributed by atoms with Crippen LogP contribution in [0.5, 0.6) is 0 Å². The van der Waals surface area contributed by atoms with Gasteiger partial charge in [-0.3, -0.25) is 4.98 Å². The van der Waals surface area contributed by atoms with Crippen molar-refractivity contribution in [3.63, 3.8) is 0 Å². The summed E-state index contributed by atoms with van der Waals surface area (Å²) in [6, 6.07) is 22.6. The van der Waals surface area contributed by atoms with Gasteiger partial charge < -0.3 is 0 Å². The van der Waals surface area contributed by atoms with Gasteiger partial charge in [0.2, 0.25) is 0 Å². The summed E-state index contributed by atoms with van der Waals surface area (Å²) >= 11 is 0. The van der Waals surface area contributed by atoms with Crippen molar-refractivity contribution < 1.29 is 2.74 Å². The molecule has 0 aliphatic rings. The second-order valence-electron chi connectivity index (χ2n) is 4.29. The predicted molar refractivity (Wildman–Crippen MR) is 78.9 cm³/mol. The Hall–Kier alpha value is -2.41. The SMILES string of the molecule is [2H]C([2H])(c1ccccc1)c1ccnc(-c2ccccc2)c1. The first-order valence-corrected chi connectivity index (χ1v) is 6.25. The molecule has 1 nitrogen and oxygen atoms in total. The smallest absolute Gasteiger partial charge is 0.0704 e. The topological polar surface area (TPSA) is 12.9 Å². The van der Waals surface area contributed by atoms with Crippen LogP contribution < -0.4 is 0 Å². The number of nitrogens with zero attached hydrogens (tertiary/aromatic N) is 1. The minimum Gasteiger partial charge on any atom is -0.256 e. The van der Waals surface area contributed by atoms with E-state index in [-0.39, 0.29) is 0 Å². The average molecular weight is 247 g/mol. The normalized spacial score (nSPS) is 12.6. The number of benzene rings is 2. The molecule has 2 aromatic carbocycles. The highest BCUT2D eigenvalue weighted by Gasteiger charge is 2.01. The molecule has 0 atom stereocenters. The third kappa shape index (κ3) is 2.89. The van der Waals surface area contributed by atoms with Crippen LogP contribution in [0.3, 0.4) is 0 Å². The summed E-state index contributed by atoms with van der Waals surface area (Å²) in [6.07, 6.45) is 0.131. The van der Waals surface area contributed by atoms with Crippen LogP contribution in [0, 0.1) is 0 Å². The summed E-state index contributed by atoms with van der Waals surface area (Å²) < 4.78 is 16.8. The molecule has 0 saturated carbocycles. The van der Waals surface area contributed by atoms with E-state index in [1.54, 1.807) is 12.3 Å². The fourth-order valence-electron chi connectivity index (χ4n) is 1.96. The van der Waals surface area contributed by atoms with E-state index in [0.29, 0.717) is 11.1 Å². The molecule has 0 spiro atoms. The molecule has 92 valence electrons. The van der Waals surface area contributed by atoms with E-state index in [1.165, 1.54) is 0 Å². The third-order valence-corrected chi connectivity index (χ3v) is 2.89. The number of rotatable bonds is 3. The fourth-order valence-corrected chi connectivity index (χ4v) is 1.96. The van der Waals surface area contributed by atoms with Crippen molar-refractivity contribution in [1.82, 2.24) is 4.98 Å². The summed E-state index contributed by atoms with van der Waals surface area (Å²) in [5.74, 6) is 0. The molecule has 3 rings (SSSR count). The molecule has 0 aliphatic heterocycles. The van der Waals surface area contributed by atoms with E-state index in [0.717, 1.165) is 11.3 Å². The second kappa shape index (κ2) is 5.49. The van der Waals surface area contributed by atoms with Gasteiger partial charge in [-0.15, -0.1) is 0 Å². The van der Waals surface area contributed by atoms with Crippen molar-refractivity contribution in [2.75, 3.05) is 0 Å². The minimum absolute atomic E-state index is 0.613. The lowest BCUT2D eigenvalue weighted by Crippen LogP contribution is -1.90. The monoisotopic (exact) mass is 247 g/mol. The Morgan fingerprint density at radius 1 is 0.789 bits per heavy atom. The first-order chi connectivity index (χ1) is 10.2. The molecular formula is C18H15N. The number of pyridine rings is 1. The molecule has 0 aliphatic carbocycles. The Kier molecular flexibility index (Phi) is 2.75. The molecule has 0 radical (unpaired) electrons. The highest BCUT2D eigenvalue weighted by Crippen LogP contribution is 2.18. The minimum atomic E-state index is -1.53. The van der Waals surface area contributed by atoms with Crippen molar-refractivity contribution >= 4 is 0 Å². The highest BCUT2D eigenvalue weighted by atomic mass is 14.7. The van der Waals surface area contributed by atoms with Crippen molar-refractivity contribution in [3.05, 3.63) is 90.1 Å². The first-order valence-electron chi connectivity index (χ1n) is 7.25. The van der Waals surface area contributed by atoms with Crippen LogP contribution in [-0.4, -0.2) is 4.98 Å². The van der Waals surface area contributed by atoms with Gasteiger partial charge in [0.1, 0.15) is 0 Å². The van der Waals surface area contributed by atoms with Gasteiger partial charge in [0, 0.05) is 14.5 Å². The Morgan fingerprint density at radius 3 is 2.21 bits per heavy atom. The molecule has 0 amide bonds. The number of hydrogen-bond acceptors (Lipinski definition) is 1. The van der Waals surface area contributed by atoms with Gasteiger partial charge in [-0.1, -0.05) is 60.7 Å². The van der Waals surface area contributed by atoms with Crippen LogP contribution in [-0.2, 0) is 6.37 Å². The lowest BCUT2D eigenvalue weighted by Gasteiger charge is -2.05. The predicted octanol–water partition coefficient (Wildman–Crippen LogP) is 4.34. The zero-order chi connectivity index (χ0) is 14.7. The molecular weight excluding hydrogens is 230 g/mol. The van der Waals surface area contributed by atoms with E-state index >= 15 is 0 Å². The first kappa shape index (κ1) is 9.51. The molecule has 0 fully saturated rings. The van der Waals surface area contributed by atoms with E-state index < -0.39 is 6.37 Å². The van der Waals surface area contributed by atoms with Crippen LogP contribution in [0.25, 0.3) is 11.3 Å². The molecule has 19 heavy (non-hydrogen) atoms. The Balaban J connectivity index is 2.04. The third-order valence-electron chi connectivity index (χ3n) is 2.89. The van der Waals surface area contributed by atoms with Crippen molar-refractivity contribution in [2.24, 2.45) is 0 Å². The van der Waals surface area contributed by atoms with Crippen molar-refractivity contribution in [2.45, 2.75) is 6.37 Å². The standard InChI is InChI=1S/C18H15N/c1-3-7-15(8-4-1)13-16-11-12-19-18(14-16)17-9-5-2-6-10-17/h1-12,14H,13H2/i13D2. The Bertz CT molecular complexity index is 724. The fraction of sp³-hybridized carbons (Fsp3) is 0.0556. The van der Waals surface area contributed by atoms with E-state index in [4.69, 9.17) is 2.74 Å². The van der Waals surface area contributed by atoms with Gasteiger partial charge in [-0.25, -0.2) is 0 Å². The lowest BCUT2D eigenvalue weighted by atomic mass is 10.0. The van der Waals surface area contributed by atoms with Gasteiger partial charge in [0.05, 0.1) is 5.69 Å². The molecule has 3 aromatic rings. The number of hydrogen-bond donors (Lipinski definition) is 0. The lowest BCUT2D eigenvalue weighted by molar-refractivity contribution is 1.16. The van der Waals surface area contributed by atoms with Gasteiger partial charge in [-0.2, -0.15) is 0 Å². The van der Waals surface area contributed by atoms with Gasteiger partial charge in [-0.05, 0) is 29.6 Å². The molecule has 0 saturated heterocycles. The Labute approximate surface area is 116 Å². The maximum atomic E-state index is 8.41.